The first-order valence-corrected chi connectivity index (χ1v) is 10.8. The summed E-state index contributed by atoms with van der Waals surface area (Å²) in [7, 11) is 0. The van der Waals surface area contributed by atoms with E-state index in [1.807, 2.05) is 12.1 Å². The van der Waals surface area contributed by atoms with Crippen molar-refractivity contribution in [3.63, 3.8) is 0 Å². The molecule has 30 heavy (non-hydrogen) atoms. The number of amides is 1. The molecule has 5 heterocycles. The van der Waals surface area contributed by atoms with Crippen LogP contribution in [0.5, 0.6) is 0 Å². The van der Waals surface area contributed by atoms with Crippen molar-refractivity contribution in [2.45, 2.75) is 50.4 Å². The number of carbonyl (C=O) groups excluding carboxylic acids is 1. The number of rotatable bonds is 6. The highest BCUT2D eigenvalue weighted by Gasteiger charge is 2.40. The second kappa shape index (κ2) is 8.44. The zero-order valence-corrected chi connectivity index (χ0v) is 17.1. The largest absolute Gasteiger partial charge is 0.376 e. The summed E-state index contributed by atoms with van der Waals surface area (Å²) in [5.74, 6) is 1.16. The Kier molecular flexibility index (Phi) is 5.53. The van der Waals surface area contributed by atoms with Crippen LogP contribution in [0.2, 0.25) is 0 Å². The van der Waals surface area contributed by atoms with Gasteiger partial charge in [0, 0.05) is 51.9 Å². The lowest BCUT2D eigenvalue weighted by atomic mass is 10.0. The molecule has 10 heteroatoms. The lowest BCUT2D eigenvalue weighted by Crippen LogP contribution is -2.45. The number of aromatic nitrogens is 4. The van der Waals surface area contributed by atoms with Gasteiger partial charge in [-0.1, -0.05) is 0 Å². The van der Waals surface area contributed by atoms with Crippen LogP contribution in [0, 0.1) is 0 Å². The Morgan fingerprint density at radius 1 is 1.17 bits per heavy atom. The van der Waals surface area contributed by atoms with Crippen LogP contribution in [0.4, 0.5) is 5.82 Å². The second-order valence-corrected chi connectivity index (χ2v) is 8.11. The second-order valence-electron chi connectivity index (χ2n) is 8.11. The van der Waals surface area contributed by atoms with Gasteiger partial charge in [0.25, 0.3) is 0 Å². The molecule has 0 radical (unpaired) electrons. The molecular weight excluding hydrogens is 388 g/mol. The molecule has 162 valence electrons. The van der Waals surface area contributed by atoms with Gasteiger partial charge < -0.3 is 24.4 Å². The molecule has 0 bridgehead atoms. The van der Waals surface area contributed by atoms with E-state index < -0.39 is 5.79 Å². The number of hydrogen-bond acceptors (Lipinski definition) is 8. The summed E-state index contributed by atoms with van der Waals surface area (Å²) < 4.78 is 18.9. The van der Waals surface area contributed by atoms with Crippen molar-refractivity contribution in [3.8, 4) is 0 Å². The Hall–Kier alpha value is -2.30. The van der Waals surface area contributed by atoms with Crippen molar-refractivity contribution in [2.24, 2.45) is 0 Å². The Morgan fingerprint density at radius 2 is 2.00 bits per heavy atom. The summed E-state index contributed by atoms with van der Waals surface area (Å²) in [6.45, 7) is 4.36. The molecule has 1 N–H and O–H groups in total. The fourth-order valence-electron chi connectivity index (χ4n) is 4.36. The molecule has 1 atom stereocenters. The summed E-state index contributed by atoms with van der Waals surface area (Å²) in [6.07, 6.45) is 4.71. The number of hydrogen-bond donors (Lipinski definition) is 1. The van der Waals surface area contributed by atoms with E-state index in [9.17, 15) is 4.79 Å². The lowest BCUT2D eigenvalue weighted by molar-refractivity contribution is -0.169. The number of fused-ring (bicyclic) bond motifs is 1. The van der Waals surface area contributed by atoms with Gasteiger partial charge in [-0.25, -0.2) is 0 Å². The Balaban J connectivity index is 1.19. The highest BCUT2D eigenvalue weighted by atomic mass is 16.7. The van der Waals surface area contributed by atoms with Crippen LogP contribution in [0.1, 0.15) is 37.9 Å². The quantitative estimate of drug-likeness (QED) is 0.734. The average molecular weight is 416 g/mol. The van der Waals surface area contributed by atoms with E-state index in [4.69, 9.17) is 19.3 Å². The first-order valence-electron chi connectivity index (χ1n) is 10.8. The summed E-state index contributed by atoms with van der Waals surface area (Å²) in [5, 5.41) is 16.1. The number of aryl methyl sites for hydroxylation is 1. The molecule has 2 aromatic rings. The molecule has 2 aromatic heterocycles. The maximum Gasteiger partial charge on any atom is 0.220 e. The van der Waals surface area contributed by atoms with Gasteiger partial charge in [0.1, 0.15) is 5.82 Å². The van der Waals surface area contributed by atoms with Crippen LogP contribution in [0.3, 0.4) is 0 Å². The zero-order chi connectivity index (χ0) is 20.4. The summed E-state index contributed by atoms with van der Waals surface area (Å²) >= 11 is 0. The van der Waals surface area contributed by atoms with Crippen LogP contribution < -0.4 is 10.2 Å². The molecule has 0 saturated carbocycles. The van der Waals surface area contributed by atoms with E-state index in [-0.39, 0.29) is 12.0 Å². The summed E-state index contributed by atoms with van der Waals surface area (Å²) in [5.41, 5.74) is 0.685. The van der Waals surface area contributed by atoms with Crippen LogP contribution in [0.15, 0.2) is 12.1 Å². The summed E-state index contributed by atoms with van der Waals surface area (Å²) in [4.78, 5) is 14.4. The molecule has 1 amide bonds. The van der Waals surface area contributed by atoms with Crippen molar-refractivity contribution >= 4 is 17.4 Å². The Bertz CT molecular complexity index is 881. The van der Waals surface area contributed by atoms with Crippen LogP contribution in [-0.4, -0.2) is 77.1 Å². The van der Waals surface area contributed by atoms with E-state index in [1.165, 1.54) is 0 Å². The van der Waals surface area contributed by atoms with Gasteiger partial charge in [0.15, 0.2) is 17.3 Å². The SMILES string of the molecule is O=C(CCc1nnc2ccc(N3CCC4(CC3)OCCO4)nn12)NCC1CCCO1. The minimum Gasteiger partial charge on any atom is -0.376 e. The highest BCUT2D eigenvalue weighted by Crippen LogP contribution is 2.32. The van der Waals surface area contributed by atoms with Crippen LogP contribution in [0.25, 0.3) is 5.65 Å². The van der Waals surface area contributed by atoms with Crippen LogP contribution >= 0.6 is 0 Å². The van der Waals surface area contributed by atoms with Crippen molar-refractivity contribution in [2.75, 3.05) is 44.4 Å². The van der Waals surface area contributed by atoms with Gasteiger partial charge in [-0.3, -0.25) is 4.79 Å². The molecule has 0 aliphatic carbocycles. The number of anilines is 1. The smallest absolute Gasteiger partial charge is 0.220 e. The van der Waals surface area contributed by atoms with Crippen molar-refractivity contribution in [1.82, 2.24) is 25.1 Å². The van der Waals surface area contributed by atoms with Crippen LogP contribution in [-0.2, 0) is 25.4 Å². The minimum atomic E-state index is -0.404. The average Bonchev–Trinajstić information content (AvgIpc) is 3.53. The fraction of sp³-hybridized carbons (Fsp3) is 0.700. The molecule has 3 aliphatic rings. The predicted octanol–water partition coefficient (Wildman–Crippen LogP) is 0.695. The maximum absolute atomic E-state index is 12.2. The van der Waals surface area contributed by atoms with Crippen molar-refractivity contribution in [1.29, 1.82) is 0 Å². The number of carbonyl (C=O) groups is 1. The third-order valence-electron chi connectivity index (χ3n) is 6.10. The fourth-order valence-corrected chi connectivity index (χ4v) is 4.36. The van der Waals surface area contributed by atoms with E-state index in [1.54, 1.807) is 4.52 Å². The van der Waals surface area contributed by atoms with Gasteiger partial charge in [0.2, 0.25) is 5.91 Å². The van der Waals surface area contributed by atoms with Gasteiger partial charge in [-0.05, 0) is 25.0 Å². The number of piperidine rings is 1. The normalized spacial score (nSPS) is 23.5. The first-order chi connectivity index (χ1) is 14.7. The molecule has 3 fully saturated rings. The molecule has 5 rings (SSSR count). The molecule has 1 unspecified atom stereocenters. The number of nitrogens with zero attached hydrogens (tertiary/aromatic N) is 5. The topological polar surface area (TPSA) is 103 Å². The molecule has 1 spiro atoms. The molecule has 10 nitrogen and oxygen atoms in total. The molecule has 0 aromatic carbocycles. The molecule has 3 aliphatic heterocycles. The summed E-state index contributed by atoms with van der Waals surface area (Å²) in [6, 6.07) is 3.89. The van der Waals surface area contributed by atoms with E-state index in [0.717, 1.165) is 51.2 Å². The highest BCUT2D eigenvalue weighted by molar-refractivity contribution is 5.76. The Morgan fingerprint density at radius 3 is 2.77 bits per heavy atom. The van der Waals surface area contributed by atoms with Gasteiger partial charge in [0.05, 0.1) is 19.3 Å². The van der Waals surface area contributed by atoms with Crippen molar-refractivity contribution in [3.05, 3.63) is 18.0 Å². The Labute approximate surface area is 174 Å². The predicted molar refractivity (Wildman–Crippen MR) is 107 cm³/mol. The first kappa shape index (κ1) is 19.7. The van der Waals surface area contributed by atoms with E-state index >= 15 is 0 Å². The van der Waals surface area contributed by atoms with E-state index in [2.05, 4.69) is 20.4 Å². The van der Waals surface area contributed by atoms with Crippen molar-refractivity contribution < 1.29 is 19.0 Å². The molecule has 3 saturated heterocycles. The van der Waals surface area contributed by atoms with E-state index in [0.29, 0.717) is 44.1 Å². The maximum atomic E-state index is 12.2. The van der Waals surface area contributed by atoms with Gasteiger partial charge in [-0.2, -0.15) is 4.52 Å². The lowest BCUT2D eigenvalue weighted by Gasteiger charge is -2.38. The third kappa shape index (κ3) is 4.12. The minimum absolute atomic E-state index is 0.00343. The standard InChI is InChI=1S/C20H28N6O4/c27-19(21-14-15-2-1-11-28-15)6-5-17-23-22-16-3-4-18(24-26(16)17)25-9-7-20(8-10-25)29-12-13-30-20/h3-4,15H,1-2,5-14H2,(H,21,27). The third-order valence-corrected chi connectivity index (χ3v) is 6.10. The monoisotopic (exact) mass is 416 g/mol. The van der Waals surface area contributed by atoms with Gasteiger partial charge in [-0.15, -0.1) is 15.3 Å². The number of ether oxygens (including phenoxy) is 3. The number of nitrogens with one attached hydrogen (secondary N) is 1. The van der Waals surface area contributed by atoms with Gasteiger partial charge >= 0.3 is 0 Å². The molecular formula is C20H28N6O4. The zero-order valence-electron chi connectivity index (χ0n) is 17.1.